The zero-order chi connectivity index (χ0) is 21.8. The Morgan fingerprint density at radius 3 is 2.80 bits per heavy atom. The largest absolute Gasteiger partial charge is 0.505 e. The molecule has 1 aromatic carbocycles. The van der Waals surface area contributed by atoms with Gasteiger partial charge in [0.05, 0.1) is 12.0 Å². The molecule has 0 radical (unpaired) electrons. The molecule has 0 atom stereocenters. The number of para-hydroxylation sites is 1. The van der Waals surface area contributed by atoms with Crippen LogP contribution < -0.4 is 16.0 Å². The lowest BCUT2D eigenvalue weighted by Gasteiger charge is -2.25. The van der Waals surface area contributed by atoms with Gasteiger partial charge in [0.15, 0.2) is 0 Å². The van der Waals surface area contributed by atoms with E-state index in [0.717, 1.165) is 81.7 Å². The van der Waals surface area contributed by atoms with Crippen LogP contribution in [0.2, 0.25) is 0 Å². The number of nitrogens with one attached hydrogen (secondary N) is 1. The highest BCUT2D eigenvalue weighted by molar-refractivity contribution is 5.61. The van der Waals surface area contributed by atoms with Gasteiger partial charge in [-0.1, -0.05) is 37.6 Å². The third-order valence-corrected chi connectivity index (χ3v) is 5.83. The Labute approximate surface area is 182 Å². The van der Waals surface area contributed by atoms with Gasteiger partial charge in [-0.3, -0.25) is 0 Å². The summed E-state index contributed by atoms with van der Waals surface area (Å²) in [6.07, 6.45) is 9.90. The zero-order valence-electron chi connectivity index (χ0n) is 18.9. The molecule has 5 heteroatoms. The minimum absolute atomic E-state index is 0.439. The number of nitrogens with two attached hydrogens (primary N) is 1. The number of aliphatic imine (C=N–C) groups is 1. The Balaban J connectivity index is 1.77. The second-order valence-electron chi connectivity index (χ2n) is 7.98. The van der Waals surface area contributed by atoms with E-state index in [2.05, 4.69) is 35.6 Å². The maximum atomic E-state index is 10.6. The molecule has 0 saturated carbocycles. The second kappa shape index (κ2) is 13.1. The molecule has 0 fully saturated rings. The highest BCUT2D eigenvalue weighted by Crippen LogP contribution is 2.32. The Hall–Kier alpha value is -2.27. The second-order valence-corrected chi connectivity index (χ2v) is 7.98. The van der Waals surface area contributed by atoms with Crippen LogP contribution in [-0.2, 0) is 6.42 Å². The Morgan fingerprint density at radius 2 is 2.07 bits per heavy atom. The average molecular weight is 413 g/mol. The van der Waals surface area contributed by atoms with E-state index >= 15 is 0 Å². The third kappa shape index (κ3) is 6.91. The summed E-state index contributed by atoms with van der Waals surface area (Å²) in [5.41, 5.74) is 11.1. The van der Waals surface area contributed by atoms with Crippen LogP contribution in [0.4, 0.5) is 5.69 Å². The highest BCUT2D eigenvalue weighted by Gasteiger charge is 2.15. The lowest BCUT2D eigenvalue weighted by atomic mass is 9.90. The van der Waals surface area contributed by atoms with Gasteiger partial charge in [0, 0.05) is 25.3 Å². The van der Waals surface area contributed by atoms with Crippen LogP contribution in [-0.4, -0.2) is 37.6 Å². The lowest BCUT2D eigenvalue weighted by Crippen LogP contribution is -2.32. The minimum Gasteiger partial charge on any atom is -0.505 e. The molecule has 1 aliphatic rings. The number of phenolic OH excluding ortho intramolecular Hbond substituents is 1. The predicted octanol–water partition coefficient (Wildman–Crippen LogP) is 4.91. The molecule has 5 nitrogen and oxygen atoms in total. The number of anilines is 1. The molecule has 0 amide bonds. The summed E-state index contributed by atoms with van der Waals surface area (Å²) in [5, 5.41) is 14.2. The van der Waals surface area contributed by atoms with Crippen molar-refractivity contribution in [1.82, 2.24) is 5.32 Å². The first kappa shape index (κ1) is 24.0. The fourth-order valence-electron chi connectivity index (χ4n) is 4.17. The Morgan fingerprint density at radius 1 is 1.27 bits per heavy atom. The zero-order valence-corrected chi connectivity index (χ0v) is 18.9. The normalized spacial score (nSPS) is 14.5. The van der Waals surface area contributed by atoms with Gasteiger partial charge >= 0.3 is 0 Å². The number of benzene rings is 1. The van der Waals surface area contributed by atoms with Crippen LogP contribution in [0.1, 0.15) is 64.4 Å². The average Bonchev–Trinajstić information content (AvgIpc) is 2.76. The van der Waals surface area contributed by atoms with Gasteiger partial charge < -0.3 is 21.1 Å². The first-order chi connectivity index (χ1) is 14.6. The number of likely N-dealkylation sites (N-methyl/N-ethyl adjacent to an activating group) is 1. The summed E-state index contributed by atoms with van der Waals surface area (Å²) in [4.78, 5) is 6.60. The van der Waals surface area contributed by atoms with Gasteiger partial charge in [0.25, 0.3) is 0 Å². The summed E-state index contributed by atoms with van der Waals surface area (Å²) >= 11 is 0. The van der Waals surface area contributed by atoms with E-state index in [9.17, 15) is 5.11 Å². The molecule has 0 aromatic heterocycles. The quantitative estimate of drug-likeness (QED) is 0.244. The number of hydrogen-bond donors (Lipinski definition) is 3. The van der Waals surface area contributed by atoms with Crippen molar-refractivity contribution in [2.45, 2.75) is 65.2 Å². The predicted molar refractivity (Wildman–Crippen MR) is 129 cm³/mol. The van der Waals surface area contributed by atoms with Gasteiger partial charge in [0.1, 0.15) is 5.75 Å². The van der Waals surface area contributed by atoms with Crippen molar-refractivity contribution >= 4 is 12.0 Å². The van der Waals surface area contributed by atoms with E-state index in [1.165, 1.54) is 30.3 Å². The molecule has 0 heterocycles. The van der Waals surface area contributed by atoms with Crippen molar-refractivity contribution < 1.29 is 5.11 Å². The van der Waals surface area contributed by atoms with Gasteiger partial charge in [0.2, 0.25) is 0 Å². The summed E-state index contributed by atoms with van der Waals surface area (Å²) in [6.45, 7) is 12.2. The van der Waals surface area contributed by atoms with E-state index in [0.29, 0.717) is 5.75 Å². The number of aryl methyl sites for hydroxylation is 1. The van der Waals surface area contributed by atoms with Crippen molar-refractivity contribution in [3.8, 4) is 5.75 Å². The van der Waals surface area contributed by atoms with Crippen molar-refractivity contribution in [2.75, 3.05) is 31.1 Å². The van der Waals surface area contributed by atoms with Gasteiger partial charge in [-0.2, -0.15) is 0 Å². The lowest BCUT2D eigenvalue weighted by molar-refractivity contribution is 0.466. The number of aromatic hydroxyl groups is 1. The smallest absolute Gasteiger partial charge is 0.142 e. The van der Waals surface area contributed by atoms with E-state index in [1.54, 1.807) is 0 Å². The van der Waals surface area contributed by atoms with Crippen LogP contribution in [0.3, 0.4) is 0 Å². The Bertz CT molecular complexity index is 739. The molecule has 2 rings (SSSR count). The number of allylic oxidation sites excluding steroid dienone is 3. The number of hydrogen-bond acceptors (Lipinski definition) is 4. The summed E-state index contributed by atoms with van der Waals surface area (Å²) in [7, 11) is 0. The SMILES string of the molecule is C=C(CCCNCCN(CC)c1cccc(CCC)c1O)C1=C(N=CN)CCCC1. The van der Waals surface area contributed by atoms with Crippen LogP contribution in [0, 0.1) is 0 Å². The van der Waals surface area contributed by atoms with E-state index in [4.69, 9.17) is 5.73 Å². The first-order valence-electron chi connectivity index (χ1n) is 11.5. The van der Waals surface area contributed by atoms with E-state index in [-0.39, 0.29) is 0 Å². The van der Waals surface area contributed by atoms with Crippen LogP contribution in [0.25, 0.3) is 0 Å². The highest BCUT2D eigenvalue weighted by atomic mass is 16.3. The number of phenols is 1. The van der Waals surface area contributed by atoms with E-state index < -0.39 is 0 Å². The minimum atomic E-state index is 0.439. The monoisotopic (exact) mass is 412 g/mol. The first-order valence-corrected chi connectivity index (χ1v) is 11.5. The Kier molecular flexibility index (Phi) is 10.5. The van der Waals surface area contributed by atoms with Gasteiger partial charge in [-0.25, -0.2) is 4.99 Å². The molecular weight excluding hydrogens is 372 g/mol. The van der Waals surface area contributed by atoms with Gasteiger partial charge in [-0.15, -0.1) is 0 Å². The standard InChI is InChI=1S/C25H40N4O/c1-4-10-21-12-8-15-24(25(21)30)29(5-2)18-17-27-16-9-11-20(3)22-13-6-7-14-23(22)28-19-26/h8,12,15,19,27,30H,3-7,9-11,13-14,16-18H2,1-2H3,(H2,26,28). The number of nitrogens with zero attached hydrogens (tertiary/aromatic N) is 2. The molecule has 30 heavy (non-hydrogen) atoms. The fourth-order valence-corrected chi connectivity index (χ4v) is 4.17. The molecule has 0 aliphatic heterocycles. The van der Waals surface area contributed by atoms with Crippen molar-refractivity contribution in [1.29, 1.82) is 0 Å². The molecule has 166 valence electrons. The fraction of sp³-hybridized carbons (Fsp3) is 0.560. The maximum absolute atomic E-state index is 10.6. The third-order valence-electron chi connectivity index (χ3n) is 5.83. The van der Waals surface area contributed by atoms with E-state index in [1.807, 2.05) is 18.2 Å². The molecule has 0 spiro atoms. The van der Waals surface area contributed by atoms with Crippen molar-refractivity contribution in [3.63, 3.8) is 0 Å². The summed E-state index contributed by atoms with van der Waals surface area (Å²) in [5.74, 6) is 0.439. The topological polar surface area (TPSA) is 73.9 Å². The summed E-state index contributed by atoms with van der Waals surface area (Å²) < 4.78 is 0. The van der Waals surface area contributed by atoms with Crippen LogP contribution >= 0.6 is 0 Å². The molecule has 1 aromatic rings. The molecule has 0 saturated heterocycles. The van der Waals surface area contributed by atoms with Crippen molar-refractivity contribution in [2.24, 2.45) is 10.7 Å². The molecule has 0 bridgehead atoms. The molecule has 0 unspecified atom stereocenters. The van der Waals surface area contributed by atoms with Gasteiger partial charge in [-0.05, 0) is 75.6 Å². The van der Waals surface area contributed by atoms with Crippen LogP contribution in [0.5, 0.6) is 5.75 Å². The molecule has 1 aliphatic carbocycles. The number of rotatable bonds is 13. The summed E-state index contributed by atoms with van der Waals surface area (Å²) in [6, 6.07) is 6.08. The molecule has 4 N–H and O–H groups in total. The molecular formula is C25H40N4O. The maximum Gasteiger partial charge on any atom is 0.142 e. The van der Waals surface area contributed by atoms with Crippen molar-refractivity contribution in [3.05, 3.63) is 47.2 Å². The van der Waals surface area contributed by atoms with Crippen LogP contribution in [0.15, 0.2) is 46.6 Å².